The van der Waals surface area contributed by atoms with E-state index < -0.39 is 0 Å². The fourth-order valence-electron chi connectivity index (χ4n) is 1.87. The number of nitrogens with one attached hydrogen (secondary N) is 1. The molecule has 1 fully saturated rings. The van der Waals surface area contributed by atoms with Gasteiger partial charge in [-0.3, -0.25) is 14.9 Å². The van der Waals surface area contributed by atoms with Crippen molar-refractivity contribution in [3.05, 3.63) is 29.8 Å². The first-order valence-corrected chi connectivity index (χ1v) is 6.54. The number of thioether (sulfide) groups is 1. The first kappa shape index (κ1) is 12.2. The van der Waals surface area contributed by atoms with E-state index in [2.05, 4.69) is 19.2 Å². The van der Waals surface area contributed by atoms with E-state index in [9.17, 15) is 9.59 Å². The number of hydrogen-bond acceptors (Lipinski definition) is 3. The van der Waals surface area contributed by atoms with Gasteiger partial charge < -0.3 is 0 Å². The van der Waals surface area contributed by atoms with Crippen LogP contribution in [-0.2, 0) is 9.59 Å². The van der Waals surface area contributed by atoms with Gasteiger partial charge in [0, 0.05) is 16.6 Å². The van der Waals surface area contributed by atoms with Gasteiger partial charge in [0.25, 0.3) is 0 Å². The molecule has 0 saturated carbocycles. The maximum Gasteiger partial charge on any atom is 0.234 e. The van der Waals surface area contributed by atoms with Gasteiger partial charge in [-0.05, 0) is 17.7 Å². The Hall–Kier alpha value is -1.29. The van der Waals surface area contributed by atoms with Crippen molar-refractivity contribution in [1.29, 1.82) is 0 Å². The monoisotopic (exact) mass is 249 g/mol. The van der Waals surface area contributed by atoms with Gasteiger partial charge in [-0.1, -0.05) is 26.0 Å². The van der Waals surface area contributed by atoms with Crippen molar-refractivity contribution in [3.8, 4) is 0 Å². The third-order valence-corrected chi connectivity index (χ3v) is 3.64. The Balaban J connectivity index is 2.13. The Kier molecular flexibility index (Phi) is 3.52. The SMILES string of the molecule is CC(C)Sc1ccc(C2CC(=O)NC2=O)cc1. The van der Waals surface area contributed by atoms with E-state index in [4.69, 9.17) is 0 Å². The molecule has 2 amide bonds. The van der Waals surface area contributed by atoms with E-state index >= 15 is 0 Å². The Bertz CT molecular complexity index is 439. The van der Waals surface area contributed by atoms with Crippen molar-refractivity contribution < 1.29 is 9.59 Å². The minimum atomic E-state index is -0.305. The summed E-state index contributed by atoms with van der Waals surface area (Å²) in [7, 11) is 0. The van der Waals surface area contributed by atoms with Gasteiger partial charge >= 0.3 is 0 Å². The van der Waals surface area contributed by atoms with Crippen LogP contribution in [0.15, 0.2) is 29.2 Å². The van der Waals surface area contributed by atoms with E-state index in [-0.39, 0.29) is 24.2 Å². The molecular weight excluding hydrogens is 234 g/mol. The van der Waals surface area contributed by atoms with E-state index in [1.54, 1.807) is 11.8 Å². The first-order valence-electron chi connectivity index (χ1n) is 5.66. The van der Waals surface area contributed by atoms with Crippen LogP contribution in [0.3, 0.4) is 0 Å². The van der Waals surface area contributed by atoms with Crippen LogP contribution in [0.2, 0.25) is 0 Å². The molecule has 0 radical (unpaired) electrons. The van der Waals surface area contributed by atoms with Gasteiger partial charge in [0.1, 0.15) is 0 Å². The second-order valence-electron chi connectivity index (χ2n) is 4.40. The van der Waals surface area contributed by atoms with Gasteiger partial charge in [-0.25, -0.2) is 0 Å². The lowest BCUT2D eigenvalue weighted by Crippen LogP contribution is -2.21. The standard InChI is InChI=1S/C13H15NO2S/c1-8(2)17-10-5-3-9(4-6-10)11-7-12(15)14-13(11)16/h3-6,8,11H,7H2,1-2H3,(H,14,15,16). The second-order valence-corrected chi connectivity index (χ2v) is 6.05. The highest BCUT2D eigenvalue weighted by Crippen LogP contribution is 2.28. The summed E-state index contributed by atoms with van der Waals surface area (Å²) in [6, 6.07) is 7.90. The van der Waals surface area contributed by atoms with Gasteiger partial charge in [-0.2, -0.15) is 0 Å². The van der Waals surface area contributed by atoms with Crippen LogP contribution in [0.25, 0.3) is 0 Å². The molecule has 3 nitrogen and oxygen atoms in total. The predicted molar refractivity (Wildman–Crippen MR) is 67.9 cm³/mol. The molecule has 1 aromatic carbocycles. The minimum absolute atomic E-state index is 0.180. The van der Waals surface area contributed by atoms with Crippen molar-refractivity contribution in [1.82, 2.24) is 5.32 Å². The molecule has 1 aromatic rings. The van der Waals surface area contributed by atoms with E-state index in [0.717, 1.165) is 5.56 Å². The lowest BCUT2D eigenvalue weighted by molar-refractivity contribution is -0.125. The zero-order valence-electron chi connectivity index (χ0n) is 9.90. The normalized spacial score (nSPS) is 19.8. The van der Waals surface area contributed by atoms with Crippen molar-refractivity contribution in [3.63, 3.8) is 0 Å². The Labute approximate surface area is 105 Å². The number of rotatable bonds is 3. The summed E-state index contributed by atoms with van der Waals surface area (Å²) in [5.74, 6) is -0.666. The second kappa shape index (κ2) is 4.92. The van der Waals surface area contributed by atoms with Crippen molar-refractivity contribution in [2.24, 2.45) is 0 Å². The number of carbonyl (C=O) groups is 2. The van der Waals surface area contributed by atoms with Crippen molar-refractivity contribution >= 4 is 23.6 Å². The molecule has 1 unspecified atom stereocenters. The quantitative estimate of drug-likeness (QED) is 0.660. The zero-order valence-corrected chi connectivity index (χ0v) is 10.7. The van der Waals surface area contributed by atoms with Crippen LogP contribution < -0.4 is 5.32 Å². The lowest BCUT2D eigenvalue weighted by Gasteiger charge is -2.08. The van der Waals surface area contributed by atoms with E-state index in [0.29, 0.717) is 5.25 Å². The largest absolute Gasteiger partial charge is 0.296 e. The highest BCUT2D eigenvalue weighted by atomic mass is 32.2. The van der Waals surface area contributed by atoms with Gasteiger partial charge in [-0.15, -0.1) is 11.8 Å². The summed E-state index contributed by atoms with van der Waals surface area (Å²) in [5, 5.41) is 2.87. The molecule has 17 heavy (non-hydrogen) atoms. The highest BCUT2D eigenvalue weighted by molar-refractivity contribution is 7.99. The van der Waals surface area contributed by atoms with E-state index in [1.165, 1.54) is 4.90 Å². The molecule has 1 aliphatic heterocycles. The van der Waals surface area contributed by atoms with E-state index in [1.807, 2.05) is 24.3 Å². The molecule has 1 heterocycles. The number of hydrogen-bond donors (Lipinski definition) is 1. The maximum absolute atomic E-state index is 11.5. The fourth-order valence-corrected chi connectivity index (χ4v) is 2.71. The first-order chi connectivity index (χ1) is 8.06. The molecule has 0 spiro atoms. The number of imide groups is 1. The van der Waals surface area contributed by atoms with Crippen LogP contribution in [0.1, 0.15) is 31.7 Å². The van der Waals surface area contributed by atoms with Crippen LogP contribution in [0, 0.1) is 0 Å². The van der Waals surface area contributed by atoms with Crippen molar-refractivity contribution in [2.75, 3.05) is 0 Å². The third-order valence-electron chi connectivity index (χ3n) is 2.62. The molecule has 0 aromatic heterocycles. The van der Waals surface area contributed by atoms with Gasteiger partial charge in [0.2, 0.25) is 11.8 Å². The molecule has 1 atom stereocenters. The molecule has 1 N–H and O–H groups in total. The number of carbonyl (C=O) groups excluding carboxylic acids is 2. The maximum atomic E-state index is 11.5. The average Bonchev–Trinajstić information content (AvgIpc) is 2.58. The molecule has 1 aliphatic rings. The minimum Gasteiger partial charge on any atom is -0.296 e. The number of amides is 2. The smallest absolute Gasteiger partial charge is 0.234 e. The Morgan fingerprint density at radius 1 is 1.24 bits per heavy atom. The molecule has 2 rings (SSSR count). The van der Waals surface area contributed by atoms with Gasteiger partial charge in [0.15, 0.2) is 0 Å². The molecule has 0 aliphatic carbocycles. The Morgan fingerprint density at radius 3 is 2.35 bits per heavy atom. The van der Waals surface area contributed by atoms with Crippen LogP contribution in [0.5, 0.6) is 0 Å². The molecule has 4 heteroatoms. The van der Waals surface area contributed by atoms with Crippen LogP contribution in [0.4, 0.5) is 0 Å². The highest BCUT2D eigenvalue weighted by Gasteiger charge is 2.31. The van der Waals surface area contributed by atoms with Gasteiger partial charge in [0.05, 0.1) is 5.92 Å². The summed E-state index contributed by atoms with van der Waals surface area (Å²) in [6.07, 6.45) is 0.273. The topological polar surface area (TPSA) is 46.2 Å². The Morgan fingerprint density at radius 2 is 1.88 bits per heavy atom. The summed E-state index contributed by atoms with van der Waals surface area (Å²) in [6.45, 7) is 4.28. The van der Waals surface area contributed by atoms with Crippen molar-refractivity contribution in [2.45, 2.75) is 36.3 Å². The number of benzene rings is 1. The average molecular weight is 249 g/mol. The molecular formula is C13H15NO2S. The summed E-state index contributed by atoms with van der Waals surface area (Å²) >= 11 is 1.78. The summed E-state index contributed by atoms with van der Waals surface area (Å²) in [4.78, 5) is 23.8. The predicted octanol–water partition coefficient (Wildman–Crippen LogP) is 2.32. The molecule has 90 valence electrons. The third kappa shape index (κ3) is 2.88. The molecule has 1 saturated heterocycles. The lowest BCUT2D eigenvalue weighted by atomic mass is 9.98. The fraction of sp³-hybridized carbons (Fsp3) is 0.385. The van der Waals surface area contributed by atoms with Crippen LogP contribution in [-0.4, -0.2) is 17.1 Å². The summed E-state index contributed by atoms with van der Waals surface area (Å²) < 4.78 is 0. The summed E-state index contributed by atoms with van der Waals surface area (Å²) in [5.41, 5.74) is 0.918. The zero-order chi connectivity index (χ0) is 12.4. The van der Waals surface area contributed by atoms with Crippen LogP contribution >= 0.6 is 11.8 Å². The molecule has 0 bridgehead atoms.